The van der Waals surface area contributed by atoms with Crippen molar-refractivity contribution in [1.82, 2.24) is 10.2 Å². The lowest BCUT2D eigenvalue weighted by molar-refractivity contribution is -0.122. The van der Waals surface area contributed by atoms with Crippen molar-refractivity contribution in [3.63, 3.8) is 0 Å². The first-order valence-electron chi connectivity index (χ1n) is 9.02. The number of hydrogen-bond acceptors (Lipinski definition) is 4. The van der Waals surface area contributed by atoms with Gasteiger partial charge in [-0.05, 0) is 60.1 Å². The number of carbonyl (C=O) groups excluding carboxylic acids is 1. The van der Waals surface area contributed by atoms with Crippen LogP contribution in [0.15, 0.2) is 42.1 Å². The lowest BCUT2D eigenvalue weighted by Gasteiger charge is -2.14. The number of ether oxygens (including phenoxy) is 2. The maximum absolute atomic E-state index is 13.0. The Labute approximate surface area is 179 Å². The van der Waals surface area contributed by atoms with Gasteiger partial charge in [0.1, 0.15) is 18.1 Å². The largest absolute Gasteiger partial charge is 0.493 e. The minimum atomic E-state index is -0.311. The molecule has 0 bridgehead atoms. The summed E-state index contributed by atoms with van der Waals surface area (Å²) in [4.78, 5) is 14.0. The molecule has 1 aliphatic rings. The highest BCUT2D eigenvalue weighted by atomic mass is 35.5. The predicted octanol–water partition coefficient (Wildman–Crippen LogP) is 4.53. The Morgan fingerprint density at radius 3 is 2.66 bits per heavy atom. The van der Waals surface area contributed by atoms with E-state index in [4.69, 9.17) is 33.3 Å². The summed E-state index contributed by atoms with van der Waals surface area (Å²) in [5, 5.41) is 3.65. The van der Waals surface area contributed by atoms with Gasteiger partial charge in [-0.15, -0.1) is 0 Å². The van der Waals surface area contributed by atoms with E-state index < -0.39 is 0 Å². The normalized spacial score (nSPS) is 15.0. The number of halogens is 2. The highest BCUT2D eigenvalue weighted by Gasteiger charge is 2.29. The third-order valence-corrected chi connectivity index (χ3v) is 4.87. The Morgan fingerprint density at radius 1 is 1.28 bits per heavy atom. The first-order chi connectivity index (χ1) is 13.9. The Bertz CT molecular complexity index is 963. The molecule has 0 aliphatic carbocycles. The minimum Gasteiger partial charge on any atom is -0.493 e. The number of hydrogen-bond donors (Lipinski definition) is 1. The van der Waals surface area contributed by atoms with E-state index in [-0.39, 0.29) is 18.3 Å². The van der Waals surface area contributed by atoms with Crippen LogP contribution < -0.4 is 14.8 Å². The molecule has 8 heteroatoms. The molecule has 1 saturated heterocycles. The van der Waals surface area contributed by atoms with Crippen molar-refractivity contribution in [2.75, 3.05) is 13.7 Å². The Balaban J connectivity index is 1.82. The van der Waals surface area contributed by atoms with Crippen LogP contribution in [0.2, 0.25) is 5.02 Å². The van der Waals surface area contributed by atoms with Crippen molar-refractivity contribution in [3.05, 3.63) is 64.1 Å². The van der Waals surface area contributed by atoms with Crippen LogP contribution in [0.5, 0.6) is 11.5 Å². The van der Waals surface area contributed by atoms with Crippen molar-refractivity contribution in [2.24, 2.45) is 0 Å². The molecule has 1 amide bonds. The van der Waals surface area contributed by atoms with Gasteiger partial charge in [0.2, 0.25) is 0 Å². The van der Waals surface area contributed by atoms with E-state index in [1.54, 1.807) is 30.3 Å². The van der Waals surface area contributed by atoms with Gasteiger partial charge in [0, 0.05) is 6.54 Å². The fourth-order valence-electron chi connectivity index (χ4n) is 2.86. The standard InChI is InChI=1S/C21H20ClFN2O3S/c1-3-8-25-20(26)17(24-21(25)29)10-14-9-16(22)19(18(11-14)27-2)28-12-13-4-6-15(23)7-5-13/h4-7,9-11H,3,8,12H2,1-2H3,(H,24,29). The zero-order valence-corrected chi connectivity index (χ0v) is 17.6. The van der Waals surface area contributed by atoms with Crippen LogP contribution >= 0.6 is 23.8 Å². The molecule has 0 atom stereocenters. The molecule has 0 saturated carbocycles. The average molecular weight is 435 g/mol. The Hall–Kier alpha value is -2.64. The van der Waals surface area contributed by atoms with Crippen LogP contribution in [0.25, 0.3) is 6.08 Å². The van der Waals surface area contributed by atoms with Gasteiger partial charge in [0.25, 0.3) is 5.91 Å². The van der Waals surface area contributed by atoms with Gasteiger partial charge in [-0.3, -0.25) is 9.69 Å². The second-order valence-electron chi connectivity index (χ2n) is 6.39. The SMILES string of the molecule is CCCN1C(=O)C(=Cc2cc(Cl)c(OCc3ccc(F)cc3)c(OC)c2)NC1=S. The molecule has 0 unspecified atom stereocenters. The van der Waals surface area contributed by atoms with Crippen molar-refractivity contribution in [3.8, 4) is 11.5 Å². The van der Waals surface area contributed by atoms with E-state index in [1.165, 1.54) is 24.1 Å². The van der Waals surface area contributed by atoms with E-state index in [2.05, 4.69) is 5.32 Å². The highest BCUT2D eigenvalue weighted by molar-refractivity contribution is 7.80. The second-order valence-corrected chi connectivity index (χ2v) is 7.19. The Morgan fingerprint density at radius 2 is 2.00 bits per heavy atom. The van der Waals surface area contributed by atoms with Gasteiger partial charge in [0.05, 0.1) is 12.1 Å². The molecule has 0 radical (unpaired) electrons. The number of nitrogens with one attached hydrogen (secondary N) is 1. The molecule has 2 aromatic rings. The highest BCUT2D eigenvalue weighted by Crippen LogP contribution is 2.37. The molecule has 3 rings (SSSR count). The number of benzene rings is 2. The van der Waals surface area contributed by atoms with Crippen molar-refractivity contribution < 1.29 is 18.7 Å². The molecule has 0 spiro atoms. The third kappa shape index (κ3) is 4.86. The number of rotatable bonds is 7. The van der Waals surface area contributed by atoms with Crippen molar-refractivity contribution in [1.29, 1.82) is 0 Å². The molecule has 1 N–H and O–H groups in total. The van der Waals surface area contributed by atoms with E-state index in [0.29, 0.717) is 39.4 Å². The first-order valence-corrected chi connectivity index (χ1v) is 9.81. The quantitative estimate of drug-likeness (QED) is 0.512. The average Bonchev–Trinajstić information content (AvgIpc) is 2.96. The van der Waals surface area contributed by atoms with Crippen LogP contribution in [0, 0.1) is 5.82 Å². The summed E-state index contributed by atoms with van der Waals surface area (Å²) in [7, 11) is 1.50. The number of methoxy groups -OCH3 is 1. The Kier molecular flexibility index (Phi) is 6.71. The van der Waals surface area contributed by atoms with E-state index in [9.17, 15) is 9.18 Å². The molecule has 5 nitrogen and oxygen atoms in total. The van der Waals surface area contributed by atoms with E-state index in [0.717, 1.165) is 12.0 Å². The van der Waals surface area contributed by atoms with Crippen molar-refractivity contribution in [2.45, 2.75) is 20.0 Å². The molecule has 152 valence electrons. The van der Waals surface area contributed by atoms with Crippen LogP contribution in [0.1, 0.15) is 24.5 Å². The molecule has 1 fully saturated rings. The molecule has 1 heterocycles. The summed E-state index contributed by atoms with van der Waals surface area (Å²) in [5.41, 5.74) is 1.83. The molecule has 1 aliphatic heterocycles. The summed E-state index contributed by atoms with van der Waals surface area (Å²) in [6.45, 7) is 2.74. The van der Waals surface area contributed by atoms with Gasteiger partial charge in [-0.25, -0.2) is 4.39 Å². The van der Waals surface area contributed by atoms with E-state index in [1.807, 2.05) is 6.92 Å². The minimum absolute atomic E-state index is 0.177. The summed E-state index contributed by atoms with van der Waals surface area (Å²) in [6.07, 6.45) is 2.48. The van der Waals surface area contributed by atoms with Gasteiger partial charge in [0.15, 0.2) is 16.6 Å². The lowest BCUT2D eigenvalue weighted by Crippen LogP contribution is -2.31. The fourth-order valence-corrected chi connectivity index (χ4v) is 3.42. The molecule has 0 aromatic heterocycles. The van der Waals surface area contributed by atoms with Crippen LogP contribution in [0.4, 0.5) is 4.39 Å². The van der Waals surface area contributed by atoms with Crippen LogP contribution in [-0.4, -0.2) is 29.6 Å². The zero-order valence-electron chi connectivity index (χ0n) is 16.0. The van der Waals surface area contributed by atoms with Gasteiger partial charge >= 0.3 is 0 Å². The predicted molar refractivity (Wildman–Crippen MR) is 114 cm³/mol. The summed E-state index contributed by atoms with van der Waals surface area (Å²) < 4.78 is 24.2. The summed E-state index contributed by atoms with van der Waals surface area (Å²) in [6, 6.07) is 9.40. The summed E-state index contributed by atoms with van der Waals surface area (Å²) in [5.74, 6) is 0.303. The number of carbonyl (C=O) groups is 1. The topological polar surface area (TPSA) is 50.8 Å². The van der Waals surface area contributed by atoms with Gasteiger partial charge in [-0.2, -0.15) is 0 Å². The van der Waals surface area contributed by atoms with E-state index >= 15 is 0 Å². The molecule has 2 aromatic carbocycles. The summed E-state index contributed by atoms with van der Waals surface area (Å²) >= 11 is 11.6. The maximum atomic E-state index is 13.0. The fraction of sp³-hybridized carbons (Fsp3) is 0.238. The smallest absolute Gasteiger partial charge is 0.276 e. The number of amides is 1. The maximum Gasteiger partial charge on any atom is 0.276 e. The second kappa shape index (κ2) is 9.24. The first kappa shape index (κ1) is 21.1. The van der Waals surface area contributed by atoms with Crippen LogP contribution in [-0.2, 0) is 11.4 Å². The monoisotopic (exact) mass is 434 g/mol. The van der Waals surface area contributed by atoms with Crippen LogP contribution in [0.3, 0.4) is 0 Å². The lowest BCUT2D eigenvalue weighted by atomic mass is 10.1. The molecule has 29 heavy (non-hydrogen) atoms. The molecular formula is C21H20ClFN2O3S. The van der Waals surface area contributed by atoms with Gasteiger partial charge in [-0.1, -0.05) is 30.7 Å². The van der Waals surface area contributed by atoms with Gasteiger partial charge < -0.3 is 14.8 Å². The number of thiocarbonyl (C=S) groups is 1. The zero-order chi connectivity index (χ0) is 21.0. The third-order valence-electron chi connectivity index (χ3n) is 4.27. The van der Waals surface area contributed by atoms with Crippen molar-refractivity contribution >= 4 is 40.9 Å². The number of nitrogens with zero attached hydrogens (tertiary/aromatic N) is 1. The molecular weight excluding hydrogens is 415 g/mol.